The highest BCUT2D eigenvalue weighted by Crippen LogP contribution is 2.35. The fourth-order valence-electron chi connectivity index (χ4n) is 2.17. The van der Waals surface area contributed by atoms with E-state index in [1.807, 2.05) is 30.0 Å². The zero-order valence-corrected chi connectivity index (χ0v) is 14.2. The molecule has 0 unspecified atom stereocenters. The van der Waals surface area contributed by atoms with Crippen LogP contribution in [0.2, 0.25) is 0 Å². The maximum atomic E-state index is 6.04. The van der Waals surface area contributed by atoms with E-state index in [1.165, 1.54) is 0 Å². The number of nitrogens with two attached hydrogens (primary N) is 1. The summed E-state index contributed by atoms with van der Waals surface area (Å²) in [7, 11) is 0. The number of hydrogen-bond donors (Lipinski definition) is 1. The third-order valence-corrected chi connectivity index (χ3v) is 4.17. The molecule has 2 heterocycles. The first-order chi connectivity index (χ1) is 9.34. The molecule has 0 spiro atoms. The lowest BCUT2D eigenvalue weighted by Crippen LogP contribution is -2.42. The molecule has 0 aromatic heterocycles. The van der Waals surface area contributed by atoms with Gasteiger partial charge in [0.1, 0.15) is 0 Å². The molecular weight excluding hydrogens is 389 g/mol. The monoisotopic (exact) mass is 407 g/mol. The maximum Gasteiger partial charge on any atom is 0.231 e. The van der Waals surface area contributed by atoms with E-state index in [4.69, 9.17) is 15.2 Å². The van der Waals surface area contributed by atoms with E-state index in [9.17, 15) is 0 Å². The largest absolute Gasteiger partial charge is 0.454 e. The van der Waals surface area contributed by atoms with Crippen LogP contribution in [0.3, 0.4) is 0 Å². The number of aliphatic imine (C=N–C) groups is 1. The van der Waals surface area contributed by atoms with Crippen molar-refractivity contribution in [2.45, 2.75) is 6.54 Å². The summed E-state index contributed by atoms with van der Waals surface area (Å²) in [4.78, 5) is 6.61. The number of thioether (sulfide) groups is 1. The fraction of sp³-hybridized carbons (Fsp3) is 0.462. The Morgan fingerprint density at radius 3 is 2.90 bits per heavy atom. The Hall–Kier alpha value is -0.830. The molecule has 5 nitrogen and oxygen atoms in total. The molecule has 20 heavy (non-hydrogen) atoms. The van der Waals surface area contributed by atoms with Crippen molar-refractivity contribution >= 4 is 41.7 Å². The van der Waals surface area contributed by atoms with Gasteiger partial charge in [-0.05, 0) is 6.07 Å². The van der Waals surface area contributed by atoms with Gasteiger partial charge in [0.2, 0.25) is 6.79 Å². The van der Waals surface area contributed by atoms with Crippen molar-refractivity contribution in [1.29, 1.82) is 0 Å². The van der Waals surface area contributed by atoms with Crippen LogP contribution < -0.4 is 15.2 Å². The highest BCUT2D eigenvalue weighted by Gasteiger charge is 2.17. The highest BCUT2D eigenvalue weighted by atomic mass is 127. The summed E-state index contributed by atoms with van der Waals surface area (Å²) >= 11 is 1.96. The molecule has 2 aliphatic rings. The smallest absolute Gasteiger partial charge is 0.231 e. The van der Waals surface area contributed by atoms with Crippen LogP contribution in [0.25, 0.3) is 0 Å². The van der Waals surface area contributed by atoms with Crippen LogP contribution >= 0.6 is 35.7 Å². The number of hydrogen-bond acceptors (Lipinski definition) is 4. The molecule has 2 N–H and O–H groups in total. The summed E-state index contributed by atoms with van der Waals surface area (Å²) < 4.78 is 10.8. The van der Waals surface area contributed by atoms with E-state index in [0.29, 0.717) is 12.5 Å². The number of halogens is 1. The fourth-order valence-corrected chi connectivity index (χ4v) is 3.08. The average Bonchev–Trinajstić information content (AvgIpc) is 2.94. The van der Waals surface area contributed by atoms with Gasteiger partial charge in [-0.15, -0.1) is 24.0 Å². The van der Waals surface area contributed by atoms with Gasteiger partial charge in [0.15, 0.2) is 17.5 Å². The second kappa shape index (κ2) is 7.26. The number of rotatable bonds is 2. The van der Waals surface area contributed by atoms with Gasteiger partial charge in [0.05, 0.1) is 6.54 Å². The standard InChI is InChI=1S/C13H17N3O2S.HI/c14-13(16-4-6-19-7-5-16)15-8-10-2-1-3-11-12(10)18-9-17-11;/h1-3H,4-9H2,(H2,14,15);1H. The van der Waals surface area contributed by atoms with E-state index in [1.54, 1.807) is 0 Å². The first-order valence-electron chi connectivity index (χ1n) is 6.35. The normalized spacial score (nSPS) is 17.8. The van der Waals surface area contributed by atoms with Crippen LogP contribution in [0.1, 0.15) is 5.56 Å². The number of fused-ring (bicyclic) bond motifs is 1. The second-order valence-electron chi connectivity index (χ2n) is 4.42. The van der Waals surface area contributed by atoms with Crippen molar-refractivity contribution in [1.82, 2.24) is 4.90 Å². The predicted molar refractivity (Wildman–Crippen MR) is 92.2 cm³/mol. The molecule has 0 radical (unpaired) electrons. The lowest BCUT2D eigenvalue weighted by Gasteiger charge is -2.27. The Labute approximate surface area is 139 Å². The van der Waals surface area contributed by atoms with E-state index in [0.717, 1.165) is 41.7 Å². The van der Waals surface area contributed by atoms with Crippen LogP contribution in [0.5, 0.6) is 11.5 Å². The van der Waals surface area contributed by atoms with Crippen molar-refractivity contribution in [3.05, 3.63) is 23.8 Å². The molecule has 0 aliphatic carbocycles. The molecule has 1 saturated heterocycles. The number of guanidine groups is 1. The van der Waals surface area contributed by atoms with Gasteiger partial charge in [-0.2, -0.15) is 11.8 Å². The molecule has 1 aromatic carbocycles. The van der Waals surface area contributed by atoms with Crippen LogP contribution in [0.4, 0.5) is 0 Å². The number of benzene rings is 1. The number of nitrogens with zero attached hydrogens (tertiary/aromatic N) is 2. The molecule has 2 aliphatic heterocycles. The summed E-state index contributed by atoms with van der Waals surface area (Å²) in [5.41, 5.74) is 7.05. The van der Waals surface area contributed by atoms with Gasteiger partial charge in [-0.1, -0.05) is 12.1 Å². The minimum absolute atomic E-state index is 0. The Kier molecular flexibility index (Phi) is 5.64. The second-order valence-corrected chi connectivity index (χ2v) is 5.65. The number of ether oxygens (including phenoxy) is 2. The quantitative estimate of drug-likeness (QED) is 0.461. The van der Waals surface area contributed by atoms with Crippen molar-refractivity contribution in [3.63, 3.8) is 0 Å². The zero-order valence-electron chi connectivity index (χ0n) is 11.1. The highest BCUT2D eigenvalue weighted by molar-refractivity contribution is 14.0. The van der Waals surface area contributed by atoms with Gasteiger partial charge in [-0.3, -0.25) is 0 Å². The minimum atomic E-state index is 0. The topological polar surface area (TPSA) is 60.1 Å². The Morgan fingerprint density at radius 2 is 2.10 bits per heavy atom. The Balaban J connectivity index is 0.00000147. The average molecular weight is 407 g/mol. The van der Waals surface area contributed by atoms with E-state index >= 15 is 0 Å². The lowest BCUT2D eigenvalue weighted by atomic mass is 10.2. The first kappa shape index (κ1) is 15.6. The van der Waals surface area contributed by atoms with Gasteiger partial charge in [-0.25, -0.2) is 4.99 Å². The van der Waals surface area contributed by atoms with Gasteiger partial charge in [0, 0.05) is 30.2 Å². The SMILES string of the molecule is I.NC(=NCc1cccc2c1OCO2)N1CCSCC1. The maximum absolute atomic E-state index is 6.04. The van der Waals surface area contributed by atoms with Crippen molar-refractivity contribution < 1.29 is 9.47 Å². The number of para-hydroxylation sites is 1. The zero-order chi connectivity index (χ0) is 13.1. The van der Waals surface area contributed by atoms with Crippen molar-refractivity contribution in [3.8, 4) is 11.5 Å². The molecule has 0 saturated carbocycles. The summed E-state index contributed by atoms with van der Waals surface area (Å²) in [6, 6.07) is 5.85. The van der Waals surface area contributed by atoms with Gasteiger partial charge < -0.3 is 20.1 Å². The summed E-state index contributed by atoms with van der Waals surface area (Å²) in [5, 5.41) is 0. The van der Waals surface area contributed by atoms with Crippen LogP contribution in [-0.4, -0.2) is 42.2 Å². The van der Waals surface area contributed by atoms with Gasteiger partial charge >= 0.3 is 0 Å². The van der Waals surface area contributed by atoms with Gasteiger partial charge in [0.25, 0.3) is 0 Å². The van der Waals surface area contributed by atoms with E-state index in [-0.39, 0.29) is 30.8 Å². The molecule has 7 heteroatoms. The minimum Gasteiger partial charge on any atom is -0.454 e. The van der Waals surface area contributed by atoms with E-state index in [2.05, 4.69) is 9.89 Å². The molecule has 0 bridgehead atoms. The first-order valence-corrected chi connectivity index (χ1v) is 7.50. The summed E-state index contributed by atoms with van der Waals surface area (Å²) in [6.45, 7) is 2.77. The molecule has 0 amide bonds. The lowest BCUT2D eigenvalue weighted by molar-refractivity contribution is 0.173. The third kappa shape index (κ3) is 3.43. The molecule has 1 fully saturated rings. The van der Waals surface area contributed by atoms with Crippen molar-refractivity contribution in [2.75, 3.05) is 31.4 Å². The molecule has 110 valence electrons. The Bertz CT molecular complexity index is 493. The summed E-state index contributed by atoms with van der Waals surface area (Å²) in [5.74, 6) is 4.45. The summed E-state index contributed by atoms with van der Waals surface area (Å²) in [6.07, 6.45) is 0. The molecule has 0 atom stereocenters. The van der Waals surface area contributed by atoms with E-state index < -0.39 is 0 Å². The van der Waals surface area contributed by atoms with Crippen LogP contribution in [0.15, 0.2) is 23.2 Å². The molecular formula is C13H18IN3O2S. The third-order valence-electron chi connectivity index (χ3n) is 3.22. The van der Waals surface area contributed by atoms with Crippen molar-refractivity contribution in [2.24, 2.45) is 10.7 Å². The molecule has 1 aromatic rings. The predicted octanol–water partition coefficient (Wildman–Crippen LogP) is 1.90. The Morgan fingerprint density at radius 1 is 1.30 bits per heavy atom. The van der Waals surface area contributed by atoms with Crippen LogP contribution in [-0.2, 0) is 6.54 Å². The molecule has 3 rings (SSSR count). The van der Waals surface area contributed by atoms with Crippen LogP contribution in [0, 0.1) is 0 Å².